The van der Waals surface area contributed by atoms with E-state index in [4.69, 9.17) is 4.74 Å². The predicted octanol–water partition coefficient (Wildman–Crippen LogP) is 3.87. The Hall–Kier alpha value is -3.56. The monoisotopic (exact) mass is 452 g/mol. The SMILES string of the molecule is COc1cccc(NC(=O)CN(C)Cc2nc3cc(-c4ccc(F)cc4)sc3c(=O)[nH]2)c1. The smallest absolute Gasteiger partial charge is 0.268 e. The molecule has 0 saturated heterocycles. The number of benzene rings is 2. The highest BCUT2D eigenvalue weighted by atomic mass is 32.1. The summed E-state index contributed by atoms with van der Waals surface area (Å²) in [6.45, 7) is 0.405. The second-order valence-electron chi connectivity index (χ2n) is 7.30. The Balaban J connectivity index is 1.45. The summed E-state index contributed by atoms with van der Waals surface area (Å²) in [6.07, 6.45) is 0. The number of hydrogen-bond donors (Lipinski definition) is 2. The maximum atomic E-state index is 13.2. The number of aromatic amines is 1. The van der Waals surface area contributed by atoms with Crippen molar-refractivity contribution in [2.24, 2.45) is 0 Å². The van der Waals surface area contributed by atoms with E-state index in [0.717, 1.165) is 10.4 Å². The van der Waals surface area contributed by atoms with Gasteiger partial charge in [-0.1, -0.05) is 18.2 Å². The molecule has 0 aliphatic heterocycles. The van der Waals surface area contributed by atoms with Crippen LogP contribution in [0, 0.1) is 5.82 Å². The Kier molecular flexibility index (Phi) is 6.29. The van der Waals surface area contributed by atoms with E-state index in [0.29, 0.717) is 34.0 Å². The van der Waals surface area contributed by atoms with Crippen molar-refractivity contribution in [1.82, 2.24) is 14.9 Å². The number of ether oxygens (including phenoxy) is 1. The average molecular weight is 453 g/mol. The molecule has 2 aromatic heterocycles. The topological polar surface area (TPSA) is 87.3 Å². The normalized spacial score (nSPS) is 11.1. The van der Waals surface area contributed by atoms with Crippen LogP contribution in [0.25, 0.3) is 20.7 Å². The van der Waals surface area contributed by atoms with Crippen LogP contribution in [0.2, 0.25) is 0 Å². The summed E-state index contributed by atoms with van der Waals surface area (Å²) >= 11 is 1.31. The van der Waals surface area contributed by atoms with Crippen LogP contribution in [-0.4, -0.2) is 41.5 Å². The maximum absolute atomic E-state index is 13.2. The summed E-state index contributed by atoms with van der Waals surface area (Å²) in [6, 6.07) is 15.0. The van der Waals surface area contributed by atoms with Crippen molar-refractivity contribution < 1.29 is 13.9 Å². The van der Waals surface area contributed by atoms with Crippen molar-refractivity contribution >= 4 is 33.1 Å². The predicted molar refractivity (Wildman–Crippen MR) is 124 cm³/mol. The highest BCUT2D eigenvalue weighted by Gasteiger charge is 2.13. The highest BCUT2D eigenvalue weighted by Crippen LogP contribution is 2.30. The van der Waals surface area contributed by atoms with Crippen LogP contribution in [0.15, 0.2) is 59.4 Å². The molecular weight excluding hydrogens is 431 g/mol. The van der Waals surface area contributed by atoms with E-state index in [9.17, 15) is 14.0 Å². The van der Waals surface area contributed by atoms with Crippen LogP contribution in [0.3, 0.4) is 0 Å². The molecule has 0 atom stereocenters. The highest BCUT2D eigenvalue weighted by molar-refractivity contribution is 7.22. The zero-order valence-corrected chi connectivity index (χ0v) is 18.3. The number of rotatable bonds is 7. The first-order valence-corrected chi connectivity index (χ1v) is 10.6. The molecule has 164 valence electrons. The van der Waals surface area contributed by atoms with Gasteiger partial charge < -0.3 is 15.0 Å². The van der Waals surface area contributed by atoms with E-state index in [1.807, 2.05) is 6.07 Å². The molecule has 1 amide bonds. The quantitative estimate of drug-likeness (QED) is 0.445. The molecule has 0 saturated carbocycles. The molecule has 0 bridgehead atoms. The van der Waals surface area contributed by atoms with Gasteiger partial charge in [-0.25, -0.2) is 9.37 Å². The van der Waals surface area contributed by atoms with Gasteiger partial charge in [-0.05, 0) is 42.9 Å². The first-order valence-electron chi connectivity index (χ1n) is 9.82. The molecule has 2 heterocycles. The van der Waals surface area contributed by atoms with Crippen LogP contribution in [0.5, 0.6) is 5.75 Å². The van der Waals surface area contributed by atoms with Crippen LogP contribution in [0.4, 0.5) is 10.1 Å². The number of carbonyl (C=O) groups excluding carboxylic acids is 1. The number of nitrogens with zero attached hydrogens (tertiary/aromatic N) is 2. The molecule has 32 heavy (non-hydrogen) atoms. The van der Waals surface area contributed by atoms with Crippen molar-refractivity contribution in [3.05, 3.63) is 76.6 Å². The van der Waals surface area contributed by atoms with E-state index in [-0.39, 0.29) is 23.8 Å². The number of halogens is 1. The lowest BCUT2D eigenvalue weighted by molar-refractivity contribution is -0.117. The van der Waals surface area contributed by atoms with Gasteiger partial charge in [-0.2, -0.15) is 0 Å². The van der Waals surface area contributed by atoms with Crippen molar-refractivity contribution in [3.63, 3.8) is 0 Å². The standard InChI is InChI=1S/C23H21FN4O3S/c1-28(13-21(29)25-16-4-3-5-17(10-16)31-2)12-20-26-18-11-19(32-22(18)23(30)27-20)14-6-8-15(24)9-7-14/h3-11H,12-13H2,1-2H3,(H,25,29)(H,26,27,30). The molecule has 0 spiro atoms. The number of anilines is 1. The number of amides is 1. The number of nitrogens with one attached hydrogen (secondary N) is 2. The number of methoxy groups -OCH3 is 1. The number of fused-ring (bicyclic) bond motifs is 1. The van der Waals surface area contributed by atoms with Crippen molar-refractivity contribution in [1.29, 1.82) is 0 Å². The fourth-order valence-electron chi connectivity index (χ4n) is 3.28. The van der Waals surface area contributed by atoms with E-state index >= 15 is 0 Å². The third-order valence-electron chi connectivity index (χ3n) is 4.75. The van der Waals surface area contributed by atoms with E-state index < -0.39 is 0 Å². The first kappa shape index (κ1) is 21.7. The molecule has 7 nitrogen and oxygen atoms in total. The van der Waals surface area contributed by atoms with Crippen LogP contribution in [0.1, 0.15) is 5.82 Å². The third-order valence-corrected chi connectivity index (χ3v) is 5.92. The van der Waals surface area contributed by atoms with Crippen LogP contribution in [-0.2, 0) is 11.3 Å². The number of hydrogen-bond acceptors (Lipinski definition) is 6. The van der Waals surface area contributed by atoms with Gasteiger partial charge in [0.05, 0.1) is 25.7 Å². The number of aromatic nitrogens is 2. The Morgan fingerprint density at radius 1 is 1.22 bits per heavy atom. The molecule has 2 N–H and O–H groups in total. The second-order valence-corrected chi connectivity index (χ2v) is 8.35. The molecule has 0 unspecified atom stereocenters. The molecule has 4 aromatic rings. The Labute approximate surface area is 187 Å². The summed E-state index contributed by atoms with van der Waals surface area (Å²) in [5.41, 5.74) is 1.80. The van der Waals surface area contributed by atoms with Gasteiger partial charge in [0.2, 0.25) is 5.91 Å². The number of carbonyl (C=O) groups is 1. The lowest BCUT2D eigenvalue weighted by atomic mass is 10.2. The molecule has 0 fully saturated rings. The molecule has 0 aliphatic rings. The van der Waals surface area contributed by atoms with E-state index in [1.165, 1.54) is 23.5 Å². The van der Waals surface area contributed by atoms with Crippen molar-refractivity contribution in [2.75, 3.05) is 26.0 Å². The Morgan fingerprint density at radius 3 is 2.75 bits per heavy atom. The summed E-state index contributed by atoms with van der Waals surface area (Å²) < 4.78 is 18.9. The van der Waals surface area contributed by atoms with Crippen molar-refractivity contribution in [2.45, 2.75) is 6.54 Å². The average Bonchev–Trinajstić information content (AvgIpc) is 3.19. The molecule has 9 heteroatoms. The Bertz CT molecular complexity index is 1320. The molecule has 0 aliphatic carbocycles. The lowest BCUT2D eigenvalue weighted by Crippen LogP contribution is -2.31. The van der Waals surface area contributed by atoms with Gasteiger partial charge in [-0.3, -0.25) is 14.5 Å². The number of thiophene rings is 1. The number of likely N-dealkylation sites (N-methyl/N-ethyl adjacent to an activating group) is 1. The first-order chi connectivity index (χ1) is 15.4. The summed E-state index contributed by atoms with van der Waals surface area (Å²) in [5.74, 6) is 0.606. The van der Waals surface area contributed by atoms with Gasteiger partial charge in [0.25, 0.3) is 5.56 Å². The number of H-pyrrole nitrogens is 1. The fourth-order valence-corrected chi connectivity index (χ4v) is 4.27. The summed E-state index contributed by atoms with van der Waals surface area (Å²) in [7, 11) is 3.34. The molecule has 4 rings (SSSR count). The molecular formula is C23H21FN4O3S. The third kappa shape index (κ3) is 5.01. The lowest BCUT2D eigenvalue weighted by Gasteiger charge is -2.15. The maximum Gasteiger partial charge on any atom is 0.268 e. The van der Waals surface area contributed by atoms with E-state index in [1.54, 1.807) is 55.5 Å². The molecule has 0 radical (unpaired) electrons. The van der Waals surface area contributed by atoms with Gasteiger partial charge >= 0.3 is 0 Å². The van der Waals surface area contributed by atoms with Gasteiger partial charge in [0.1, 0.15) is 22.1 Å². The Morgan fingerprint density at radius 2 is 2.00 bits per heavy atom. The van der Waals surface area contributed by atoms with Gasteiger partial charge in [0.15, 0.2) is 0 Å². The minimum atomic E-state index is -0.313. The zero-order chi connectivity index (χ0) is 22.7. The van der Waals surface area contributed by atoms with Gasteiger partial charge in [0, 0.05) is 16.6 Å². The van der Waals surface area contributed by atoms with Crippen LogP contribution < -0.4 is 15.6 Å². The molecule has 2 aromatic carbocycles. The van der Waals surface area contributed by atoms with Gasteiger partial charge in [-0.15, -0.1) is 11.3 Å². The minimum absolute atomic E-state index is 0.115. The van der Waals surface area contributed by atoms with Crippen LogP contribution >= 0.6 is 11.3 Å². The summed E-state index contributed by atoms with van der Waals surface area (Å²) in [4.78, 5) is 34.8. The fraction of sp³-hybridized carbons (Fsp3) is 0.174. The minimum Gasteiger partial charge on any atom is -0.497 e. The van der Waals surface area contributed by atoms with E-state index in [2.05, 4.69) is 15.3 Å². The largest absolute Gasteiger partial charge is 0.497 e. The second kappa shape index (κ2) is 9.29. The zero-order valence-electron chi connectivity index (χ0n) is 17.5. The van der Waals surface area contributed by atoms with Crippen molar-refractivity contribution in [3.8, 4) is 16.2 Å². The summed E-state index contributed by atoms with van der Waals surface area (Å²) in [5, 5.41) is 2.82.